The Labute approximate surface area is 145 Å². The summed E-state index contributed by atoms with van der Waals surface area (Å²) in [5.74, 6) is 0.783. The van der Waals surface area contributed by atoms with Crippen LogP contribution in [-0.4, -0.2) is 63.4 Å². The maximum atomic E-state index is 12.7. The highest BCUT2D eigenvalue weighted by Crippen LogP contribution is 2.23. The molecule has 126 valence electrons. The molecule has 1 aromatic rings. The quantitative estimate of drug-likeness (QED) is 0.842. The minimum absolute atomic E-state index is 0.0759. The van der Waals surface area contributed by atoms with Gasteiger partial charge >= 0.3 is 0 Å². The van der Waals surface area contributed by atoms with Gasteiger partial charge in [0, 0.05) is 11.1 Å². The molecule has 2 aliphatic heterocycles. The molecule has 1 atom stereocenters. The van der Waals surface area contributed by atoms with Crippen LogP contribution in [0.5, 0.6) is 5.75 Å². The number of carbonyl (C=O) groups is 1. The first-order chi connectivity index (χ1) is 11.2. The molecule has 0 aliphatic carbocycles. The number of halogens is 1. The van der Waals surface area contributed by atoms with Crippen LogP contribution in [0.25, 0.3) is 0 Å². The van der Waals surface area contributed by atoms with Crippen molar-refractivity contribution >= 4 is 21.8 Å². The zero-order valence-electron chi connectivity index (χ0n) is 13.5. The first-order valence-corrected chi connectivity index (χ1v) is 9.04. The maximum Gasteiger partial charge on any atom is 0.255 e. The molecule has 0 aromatic heterocycles. The Bertz CT molecular complexity index is 553. The van der Waals surface area contributed by atoms with Gasteiger partial charge < -0.3 is 19.3 Å². The number of ether oxygens (including phenoxy) is 2. The molecule has 0 radical (unpaired) electrons. The first-order valence-electron chi connectivity index (χ1n) is 8.25. The summed E-state index contributed by atoms with van der Waals surface area (Å²) in [6.07, 6.45) is 2.79. The molecule has 2 aliphatic rings. The van der Waals surface area contributed by atoms with E-state index in [1.165, 1.54) is 12.8 Å². The Morgan fingerprint density at radius 2 is 2.22 bits per heavy atom. The van der Waals surface area contributed by atoms with Crippen LogP contribution in [0.3, 0.4) is 0 Å². The van der Waals surface area contributed by atoms with E-state index in [0.29, 0.717) is 17.4 Å². The van der Waals surface area contributed by atoms with Gasteiger partial charge in [0.25, 0.3) is 5.91 Å². The van der Waals surface area contributed by atoms with Crippen molar-refractivity contribution in [3.8, 4) is 5.75 Å². The van der Waals surface area contributed by atoms with Crippen molar-refractivity contribution in [3.63, 3.8) is 0 Å². The fourth-order valence-electron chi connectivity index (χ4n) is 3.32. The van der Waals surface area contributed by atoms with Gasteiger partial charge in [-0.1, -0.05) is 0 Å². The van der Waals surface area contributed by atoms with Crippen molar-refractivity contribution in [2.24, 2.45) is 0 Å². The number of rotatable bonds is 4. The van der Waals surface area contributed by atoms with Crippen molar-refractivity contribution in [3.05, 3.63) is 28.2 Å². The highest BCUT2D eigenvalue weighted by atomic mass is 79.9. The van der Waals surface area contributed by atoms with Crippen LogP contribution in [0, 0.1) is 0 Å². The van der Waals surface area contributed by atoms with Crippen LogP contribution in [0.4, 0.5) is 0 Å². The second-order valence-electron chi connectivity index (χ2n) is 6.23. The molecule has 0 unspecified atom stereocenters. The Balaban J connectivity index is 1.57. The molecule has 2 heterocycles. The predicted octanol–water partition coefficient (Wildman–Crippen LogP) is 0.977. The largest absolute Gasteiger partial charge is 0.497 e. The minimum atomic E-state index is 0.0759. The van der Waals surface area contributed by atoms with E-state index >= 15 is 0 Å². The normalized spacial score (nSPS) is 22.3. The van der Waals surface area contributed by atoms with Crippen LogP contribution in [0.1, 0.15) is 23.2 Å². The van der Waals surface area contributed by atoms with Crippen LogP contribution in [0.15, 0.2) is 22.7 Å². The number of methoxy groups -OCH3 is 1. The van der Waals surface area contributed by atoms with Gasteiger partial charge in [0.1, 0.15) is 18.4 Å². The highest BCUT2D eigenvalue weighted by Gasteiger charge is 2.28. The molecule has 0 spiro atoms. The Morgan fingerprint density at radius 3 is 2.87 bits per heavy atom. The van der Waals surface area contributed by atoms with Gasteiger partial charge in [-0.25, -0.2) is 0 Å². The summed E-state index contributed by atoms with van der Waals surface area (Å²) in [4.78, 5) is 16.2. The molecule has 1 N–H and O–H groups in total. The number of nitrogens with zero attached hydrogens (tertiary/aromatic N) is 1. The first kappa shape index (κ1) is 16.7. The number of hydrogen-bond acceptors (Lipinski definition) is 3. The molecule has 5 nitrogen and oxygen atoms in total. The number of nitrogens with one attached hydrogen (secondary N) is 1. The topological polar surface area (TPSA) is 43.2 Å². The molecule has 6 heteroatoms. The van der Waals surface area contributed by atoms with Crippen molar-refractivity contribution in [2.45, 2.75) is 18.9 Å². The Morgan fingerprint density at radius 1 is 1.43 bits per heavy atom. The summed E-state index contributed by atoms with van der Waals surface area (Å²) in [5, 5.41) is 0. The number of amides is 1. The van der Waals surface area contributed by atoms with Crippen LogP contribution in [-0.2, 0) is 4.74 Å². The number of hydrogen-bond donors (Lipinski definition) is 1. The average molecular weight is 384 g/mol. The van der Waals surface area contributed by atoms with Crippen molar-refractivity contribution in [1.82, 2.24) is 4.90 Å². The minimum Gasteiger partial charge on any atom is -0.497 e. The van der Waals surface area contributed by atoms with Gasteiger partial charge in [0.15, 0.2) is 0 Å². The van der Waals surface area contributed by atoms with Crippen molar-refractivity contribution in [2.75, 3.05) is 46.4 Å². The Hall–Kier alpha value is -1.11. The van der Waals surface area contributed by atoms with E-state index in [0.717, 1.165) is 43.8 Å². The standard InChI is InChI=1S/C17H23BrN2O3/c1-22-13-4-5-16(18)15(11-13)17(21)20-8-6-19(7-9-20)12-14-3-2-10-23-14/h4-5,11,14H,2-3,6-10,12H2,1H3/p+1/t14-/m0/s1. The summed E-state index contributed by atoms with van der Waals surface area (Å²) >= 11 is 3.47. The third-order valence-corrected chi connectivity index (χ3v) is 5.39. The monoisotopic (exact) mass is 383 g/mol. The number of benzene rings is 1. The van der Waals surface area contributed by atoms with Crippen molar-refractivity contribution < 1.29 is 19.2 Å². The summed E-state index contributed by atoms with van der Waals surface area (Å²) < 4.78 is 11.8. The van der Waals surface area contributed by atoms with Gasteiger partial charge in [-0.15, -0.1) is 0 Å². The van der Waals surface area contributed by atoms with E-state index in [9.17, 15) is 4.79 Å². The lowest BCUT2D eigenvalue weighted by atomic mass is 10.1. The molecule has 23 heavy (non-hydrogen) atoms. The van der Waals surface area contributed by atoms with E-state index in [1.807, 2.05) is 17.0 Å². The van der Waals surface area contributed by atoms with Gasteiger partial charge in [-0.2, -0.15) is 0 Å². The number of carbonyl (C=O) groups excluding carboxylic acids is 1. The molecule has 2 fully saturated rings. The van der Waals surface area contributed by atoms with E-state index in [4.69, 9.17) is 9.47 Å². The van der Waals surface area contributed by atoms with Crippen LogP contribution < -0.4 is 9.64 Å². The van der Waals surface area contributed by atoms with E-state index in [-0.39, 0.29) is 5.91 Å². The second kappa shape index (κ2) is 7.64. The molecule has 3 rings (SSSR count). The molecule has 0 saturated carbocycles. The van der Waals surface area contributed by atoms with E-state index < -0.39 is 0 Å². The highest BCUT2D eigenvalue weighted by molar-refractivity contribution is 9.10. The third-order valence-electron chi connectivity index (χ3n) is 4.70. The molecular weight excluding hydrogens is 360 g/mol. The lowest BCUT2D eigenvalue weighted by molar-refractivity contribution is -0.906. The van der Waals surface area contributed by atoms with Crippen molar-refractivity contribution in [1.29, 1.82) is 0 Å². The van der Waals surface area contributed by atoms with Crippen LogP contribution >= 0.6 is 15.9 Å². The summed E-state index contributed by atoms with van der Waals surface area (Å²) in [5.41, 5.74) is 0.673. The summed E-state index contributed by atoms with van der Waals surface area (Å²) in [6, 6.07) is 5.52. The Kier molecular flexibility index (Phi) is 5.56. The van der Waals surface area contributed by atoms with Gasteiger partial charge in [-0.3, -0.25) is 4.79 Å². The zero-order valence-corrected chi connectivity index (χ0v) is 15.1. The van der Waals surface area contributed by atoms with Crippen LogP contribution in [0.2, 0.25) is 0 Å². The predicted molar refractivity (Wildman–Crippen MR) is 91.1 cm³/mol. The average Bonchev–Trinajstić information content (AvgIpc) is 3.08. The van der Waals surface area contributed by atoms with Gasteiger partial charge in [0.2, 0.25) is 0 Å². The van der Waals surface area contributed by atoms with E-state index in [2.05, 4.69) is 15.9 Å². The number of piperazine rings is 1. The summed E-state index contributed by atoms with van der Waals surface area (Å²) in [7, 11) is 1.62. The lowest BCUT2D eigenvalue weighted by Crippen LogP contribution is -3.15. The second-order valence-corrected chi connectivity index (χ2v) is 7.08. The zero-order chi connectivity index (χ0) is 16.2. The summed E-state index contributed by atoms with van der Waals surface area (Å²) in [6.45, 7) is 5.56. The molecule has 1 amide bonds. The fraction of sp³-hybridized carbons (Fsp3) is 0.588. The van der Waals surface area contributed by atoms with E-state index in [1.54, 1.807) is 18.1 Å². The van der Waals surface area contributed by atoms with Gasteiger partial charge in [0.05, 0.1) is 38.9 Å². The molecule has 2 saturated heterocycles. The molecular formula is C17H24BrN2O3+. The third kappa shape index (κ3) is 4.05. The maximum absolute atomic E-state index is 12.7. The lowest BCUT2D eigenvalue weighted by Gasteiger charge is -2.33. The number of quaternary nitrogens is 1. The van der Waals surface area contributed by atoms with Gasteiger partial charge in [-0.05, 0) is 47.0 Å². The fourth-order valence-corrected chi connectivity index (χ4v) is 3.74. The molecule has 0 bridgehead atoms. The SMILES string of the molecule is COc1ccc(Br)c(C(=O)N2CC[NH+](C[C@@H]3CCCO3)CC2)c1. The molecule has 1 aromatic carbocycles. The smallest absolute Gasteiger partial charge is 0.255 e.